The van der Waals surface area contributed by atoms with E-state index < -0.39 is 0 Å². The molecule has 0 bridgehead atoms. The molecule has 2 aromatic carbocycles. The lowest BCUT2D eigenvalue weighted by molar-refractivity contribution is -0.124. The highest BCUT2D eigenvalue weighted by atomic mass is 16.5. The Morgan fingerprint density at radius 1 is 1.13 bits per heavy atom. The quantitative estimate of drug-likeness (QED) is 0.264. The van der Waals surface area contributed by atoms with E-state index in [9.17, 15) is 4.79 Å². The van der Waals surface area contributed by atoms with E-state index in [1.807, 2.05) is 61.0 Å². The SMILES string of the molecule is C=CC(=O)N(C)CC#Cc1ccc2ncnc(Nc3ccc(Oc4ccc5c(c4)ncn5C)c(C)c3)c2n1. The Morgan fingerprint density at radius 3 is 2.82 bits per heavy atom. The van der Waals surface area contributed by atoms with E-state index in [0.29, 0.717) is 22.5 Å². The van der Waals surface area contributed by atoms with Gasteiger partial charge in [0, 0.05) is 25.8 Å². The lowest BCUT2D eigenvalue weighted by Gasteiger charge is -2.12. The molecule has 0 radical (unpaired) electrons. The summed E-state index contributed by atoms with van der Waals surface area (Å²) < 4.78 is 8.10. The van der Waals surface area contributed by atoms with Crippen LogP contribution < -0.4 is 10.1 Å². The number of hydrogen-bond donors (Lipinski definition) is 1. The summed E-state index contributed by atoms with van der Waals surface area (Å²) in [6, 6.07) is 15.3. The monoisotopic (exact) mass is 503 g/mol. The standard InChI is InChI=1S/C29H25N7O2/c1-5-27(37)35(3)14-6-7-20-8-11-23-28(33-20)29(31-17-30-23)34-21-9-13-26(19(2)15-21)38-22-10-12-25-24(16-22)32-18-36(25)4/h5,8-13,15-18H,1,14H2,2-4H3,(H,30,31,34). The number of carbonyl (C=O) groups excluding carboxylic acids is 1. The van der Waals surface area contributed by atoms with E-state index in [-0.39, 0.29) is 12.5 Å². The van der Waals surface area contributed by atoms with Crippen LogP contribution in [0.2, 0.25) is 0 Å². The molecule has 3 heterocycles. The first-order valence-electron chi connectivity index (χ1n) is 11.9. The number of likely N-dealkylation sites (N-methyl/N-ethyl adjacent to an activating group) is 1. The molecule has 0 spiro atoms. The highest BCUT2D eigenvalue weighted by Gasteiger charge is 2.10. The fourth-order valence-electron chi connectivity index (χ4n) is 3.87. The average molecular weight is 504 g/mol. The summed E-state index contributed by atoms with van der Waals surface area (Å²) in [4.78, 5) is 30.8. The number of nitrogens with one attached hydrogen (secondary N) is 1. The predicted octanol–water partition coefficient (Wildman–Crippen LogP) is 4.75. The van der Waals surface area contributed by atoms with Gasteiger partial charge in [-0.25, -0.2) is 19.9 Å². The molecule has 38 heavy (non-hydrogen) atoms. The Kier molecular flexibility index (Phi) is 6.70. The van der Waals surface area contributed by atoms with Gasteiger partial charge in [0.2, 0.25) is 5.91 Å². The molecule has 0 atom stereocenters. The number of amides is 1. The third kappa shape index (κ3) is 5.15. The Labute approximate surface area is 219 Å². The number of pyridine rings is 1. The summed E-state index contributed by atoms with van der Waals surface area (Å²) in [6.07, 6.45) is 4.53. The molecule has 5 aromatic rings. The van der Waals surface area contributed by atoms with Crippen LogP contribution in [0.4, 0.5) is 11.5 Å². The number of hydrogen-bond acceptors (Lipinski definition) is 7. The fraction of sp³-hybridized carbons (Fsp3) is 0.138. The van der Waals surface area contributed by atoms with Crippen molar-refractivity contribution in [2.45, 2.75) is 6.92 Å². The van der Waals surface area contributed by atoms with Gasteiger partial charge in [0.1, 0.15) is 29.0 Å². The van der Waals surface area contributed by atoms with Gasteiger partial charge in [-0.15, -0.1) is 0 Å². The molecule has 3 aromatic heterocycles. The van der Waals surface area contributed by atoms with Gasteiger partial charge in [-0.1, -0.05) is 12.5 Å². The summed E-state index contributed by atoms with van der Waals surface area (Å²) in [6.45, 7) is 5.74. The van der Waals surface area contributed by atoms with Crippen LogP contribution in [-0.2, 0) is 11.8 Å². The maximum absolute atomic E-state index is 11.6. The zero-order valence-electron chi connectivity index (χ0n) is 21.3. The van der Waals surface area contributed by atoms with Crippen molar-refractivity contribution in [2.24, 2.45) is 7.05 Å². The normalized spacial score (nSPS) is 10.6. The van der Waals surface area contributed by atoms with E-state index in [1.54, 1.807) is 19.4 Å². The van der Waals surface area contributed by atoms with Gasteiger partial charge in [-0.3, -0.25) is 4.79 Å². The summed E-state index contributed by atoms with van der Waals surface area (Å²) in [5.41, 5.74) is 5.55. The lowest BCUT2D eigenvalue weighted by atomic mass is 10.2. The van der Waals surface area contributed by atoms with Gasteiger partial charge >= 0.3 is 0 Å². The van der Waals surface area contributed by atoms with Crippen molar-refractivity contribution < 1.29 is 9.53 Å². The van der Waals surface area contributed by atoms with Crippen LogP contribution in [0, 0.1) is 18.8 Å². The van der Waals surface area contributed by atoms with Crippen molar-refractivity contribution in [3.8, 4) is 23.3 Å². The second-order valence-corrected chi connectivity index (χ2v) is 8.70. The number of aryl methyl sites for hydroxylation is 2. The molecule has 9 nitrogen and oxygen atoms in total. The van der Waals surface area contributed by atoms with E-state index in [0.717, 1.165) is 33.8 Å². The number of benzene rings is 2. The molecule has 0 aliphatic rings. The molecule has 0 saturated heterocycles. The van der Waals surface area contributed by atoms with Crippen molar-refractivity contribution in [1.82, 2.24) is 29.4 Å². The summed E-state index contributed by atoms with van der Waals surface area (Å²) in [5.74, 6) is 7.79. The van der Waals surface area contributed by atoms with Crippen LogP contribution in [0.1, 0.15) is 11.3 Å². The van der Waals surface area contributed by atoms with Crippen molar-refractivity contribution in [3.63, 3.8) is 0 Å². The van der Waals surface area contributed by atoms with E-state index in [4.69, 9.17) is 4.74 Å². The van der Waals surface area contributed by atoms with Crippen LogP contribution >= 0.6 is 0 Å². The zero-order chi connectivity index (χ0) is 26.6. The first-order chi connectivity index (χ1) is 18.4. The molecule has 0 unspecified atom stereocenters. The summed E-state index contributed by atoms with van der Waals surface area (Å²) in [5, 5.41) is 3.34. The number of fused-ring (bicyclic) bond motifs is 2. The maximum Gasteiger partial charge on any atom is 0.246 e. The minimum absolute atomic E-state index is 0.188. The minimum Gasteiger partial charge on any atom is -0.457 e. The van der Waals surface area contributed by atoms with Gasteiger partial charge in [-0.05, 0) is 66.9 Å². The predicted molar refractivity (Wildman–Crippen MR) is 147 cm³/mol. The van der Waals surface area contributed by atoms with Gasteiger partial charge < -0.3 is 19.5 Å². The molecule has 0 saturated carbocycles. The van der Waals surface area contributed by atoms with Crippen LogP contribution in [0.5, 0.6) is 11.5 Å². The van der Waals surface area contributed by atoms with E-state index in [1.165, 1.54) is 17.3 Å². The zero-order valence-corrected chi connectivity index (χ0v) is 21.3. The Balaban J connectivity index is 1.35. The maximum atomic E-state index is 11.6. The number of aromatic nitrogens is 5. The van der Waals surface area contributed by atoms with Crippen LogP contribution in [0.15, 0.2) is 73.8 Å². The van der Waals surface area contributed by atoms with Crippen molar-refractivity contribution in [3.05, 3.63) is 85.1 Å². The highest BCUT2D eigenvalue weighted by molar-refractivity contribution is 5.88. The van der Waals surface area contributed by atoms with E-state index >= 15 is 0 Å². The fourth-order valence-corrected chi connectivity index (χ4v) is 3.87. The second kappa shape index (κ2) is 10.4. The number of ether oxygens (including phenoxy) is 1. The van der Waals surface area contributed by atoms with Crippen molar-refractivity contribution in [1.29, 1.82) is 0 Å². The average Bonchev–Trinajstić information content (AvgIpc) is 3.29. The topological polar surface area (TPSA) is 98.1 Å². The number of anilines is 2. The Morgan fingerprint density at radius 2 is 2.00 bits per heavy atom. The largest absolute Gasteiger partial charge is 0.457 e. The molecule has 9 heteroatoms. The summed E-state index contributed by atoms with van der Waals surface area (Å²) in [7, 11) is 3.63. The Hall–Kier alpha value is -5.23. The molecule has 0 fully saturated rings. The van der Waals surface area contributed by atoms with Crippen LogP contribution in [0.3, 0.4) is 0 Å². The van der Waals surface area contributed by atoms with Crippen molar-refractivity contribution >= 4 is 39.5 Å². The third-order valence-corrected chi connectivity index (χ3v) is 5.93. The molecular weight excluding hydrogens is 478 g/mol. The number of imidazole rings is 1. The number of nitrogens with zero attached hydrogens (tertiary/aromatic N) is 6. The van der Waals surface area contributed by atoms with Crippen LogP contribution in [0.25, 0.3) is 22.1 Å². The molecule has 0 aliphatic carbocycles. The van der Waals surface area contributed by atoms with Gasteiger partial charge in [0.05, 0.1) is 29.4 Å². The Bertz CT molecular complexity index is 1750. The molecule has 0 aliphatic heterocycles. The molecule has 1 amide bonds. The first-order valence-corrected chi connectivity index (χ1v) is 11.9. The van der Waals surface area contributed by atoms with Gasteiger partial charge in [0.15, 0.2) is 5.82 Å². The molecule has 188 valence electrons. The minimum atomic E-state index is -0.188. The van der Waals surface area contributed by atoms with Gasteiger partial charge in [0.25, 0.3) is 0 Å². The van der Waals surface area contributed by atoms with Crippen molar-refractivity contribution in [2.75, 3.05) is 18.9 Å². The molecular formula is C29H25N7O2. The third-order valence-electron chi connectivity index (χ3n) is 5.93. The smallest absolute Gasteiger partial charge is 0.246 e. The van der Waals surface area contributed by atoms with E-state index in [2.05, 4.69) is 43.7 Å². The molecule has 5 rings (SSSR count). The number of rotatable bonds is 6. The van der Waals surface area contributed by atoms with Gasteiger partial charge in [-0.2, -0.15) is 0 Å². The highest BCUT2D eigenvalue weighted by Crippen LogP contribution is 2.30. The first kappa shape index (κ1) is 24.5. The lowest BCUT2D eigenvalue weighted by Crippen LogP contribution is -2.24. The van der Waals surface area contributed by atoms with Crippen LogP contribution in [-0.4, -0.2) is 48.9 Å². The number of carbonyl (C=O) groups is 1. The second-order valence-electron chi connectivity index (χ2n) is 8.70. The summed E-state index contributed by atoms with van der Waals surface area (Å²) >= 11 is 0. The molecule has 1 N–H and O–H groups in total.